The Bertz CT molecular complexity index is 385. The van der Waals surface area contributed by atoms with Gasteiger partial charge in [-0.15, -0.1) is 0 Å². The second-order valence-electron chi connectivity index (χ2n) is 3.50. The molecule has 0 aliphatic rings. The highest BCUT2D eigenvalue weighted by Crippen LogP contribution is 2.21. The average molecular weight is 206 g/mol. The summed E-state index contributed by atoms with van der Waals surface area (Å²) in [6.45, 7) is 3.62. The van der Waals surface area contributed by atoms with Gasteiger partial charge in [0.1, 0.15) is 6.10 Å². The standard InChI is InChI=1S/C11H14N2O2/c1-7-3-4-9(8(2)13-7)11(15)10(14)5-6-12/h3-4,10-11,14-15H,5H2,1-2H3. The van der Waals surface area contributed by atoms with Crippen LogP contribution in [0.25, 0.3) is 0 Å². The predicted octanol–water partition coefficient (Wildman–Crippen LogP) is 1.01. The maximum atomic E-state index is 9.75. The number of aryl methyl sites for hydroxylation is 2. The number of hydrogen-bond donors (Lipinski definition) is 2. The third kappa shape index (κ3) is 2.75. The van der Waals surface area contributed by atoms with Crippen molar-refractivity contribution in [3.05, 3.63) is 29.1 Å². The lowest BCUT2D eigenvalue weighted by Crippen LogP contribution is -2.18. The van der Waals surface area contributed by atoms with E-state index >= 15 is 0 Å². The van der Waals surface area contributed by atoms with E-state index < -0.39 is 12.2 Å². The SMILES string of the molecule is Cc1ccc(C(O)C(O)CC#N)c(C)n1. The van der Waals surface area contributed by atoms with Crippen molar-refractivity contribution in [3.8, 4) is 6.07 Å². The molecule has 80 valence electrons. The summed E-state index contributed by atoms with van der Waals surface area (Å²) < 4.78 is 0. The Morgan fingerprint density at radius 1 is 1.40 bits per heavy atom. The first-order valence-electron chi connectivity index (χ1n) is 4.73. The molecule has 1 heterocycles. The highest BCUT2D eigenvalue weighted by molar-refractivity contribution is 5.24. The van der Waals surface area contributed by atoms with Crippen molar-refractivity contribution in [2.24, 2.45) is 0 Å². The van der Waals surface area contributed by atoms with Gasteiger partial charge in [0.15, 0.2) is 0 Å². The normalized spacial score (nSPS) is 14.3. The molecule has 0 radical (unpaired) electrons. The van der Waals surface area contributed by atoms with Gasteiger partial charge in [-0.1, -0.05) is 6.07 Å². The van der Waals surface area contributed by atoms with Crippen LogP contribution in [0.15, 0.2) is 12.1 Å². The Kier molecular flexibility index (Phi) is 3.78. The molecule has 0 amide bonds. The fraction of sp³-hybridized carbons (Fsp3) is 0.455. The maximum Gasteiger partial charge on any atom is 0.108 e. The van der Waals surface area contributed by atoms with Gasteiger partial charge >= 0.3 is 0 Å². The minimum absolute atomic E-state index is 0.0888. The fourth-order valence-corrected chi connectivity index (χ4v) is 1.42. The van der Waals surface area contributed by atoms with E-state index in [4.69, 9.17) is 5.26 Å². The Hall–Kier alpha value is -1.44. The maximum absolute atomic E-state index is 9.75. The largest absolute Gasteiger partial charge is 0.389 e. The summed E-state index contributed by atoms with van der Waals surface area (Å²) in [5.41, 5.74) is 2.11. The van der Waals surface area contributed by atoms with E-state index in [0.717, 1.165) is 5.69 Å². The summed E-state index contributed by atoms with van der Waals surface area (Å²) in [7, 11) is 0. The van der Waals surface area contributed by atoms with E-state index in [9.17, 15) is 10.2 Å². The number of nitrogens with zero attached hydrogens (tertiary/aromatic N) is 2. The topological polar surface area (TPSA) is 77.1 Å². The van der Waals surface area contributed by atoms with Gasteiger partial charge in [-0.3, -0.25) is 4.98 Å². The minimum atomic E-state index is -1.06. The van der Waals surface area contributed by atoms with Crippen molar-refractivity contribution >= 4 is 0 Å². The van der Waals surface area contributed by atoms with Gasteiger partial charge in [-0.2, -0.15) is 5.26 Å². The van der Waals surface area contributed by atoms with Crippen LogP contribution in [0.2, 0.25) is 0 Å². The molecule has 0 spiro atoms. The van der Waals surface area contributed by atoms with Gasteiger partial charge in [-0.05, 0) is 19.9 Å². The lowest BCUT2D eigenvalue weighted by Gasteiger charge is -2.17. The van der Waals surface area contributed by atoms with Crippen LogP contribution >= 0.6 is 0 Å². The lowest BCUT2D eigenvalue weighted by molar-refractivity contribution is 0.0210. The number of hydrogen-bond acceptors (Lipinski definition) is 4. The molecule has 0 aromatic carbocycles. The number of nitriles is 1. The first-order valence-corrected chi connectivity index (χ1v) is 4.73. The third-order valence-corrected chi connectivity index (χ3v) is 2.25. The van der Waals surface area contributed by atoms with Gasteiger partial charge in [0.05, 0.1) is 18.6 Å². The Labute approximate surface area is 88.8 Å². The van der Waals surface area contributed by atoms with E-state index in [2.05, 4.69) is 4.98 Å². The molecule has 0 bridgehead atoms. The monoisotopic (exact) mass is 206 g/mol. The summed E-state index contributed by atoms with van der Waals surface area (Å²) in [6.07, 6.45) is -2.19. The molecule has 4 nitrogen and oxygen atoms in total. The van der Waals surface area contributed by atoms with E-state index in [-0.39, 0.29) is 6.42 Å². The molecule has 0 aliphatic heterocycles. The molecule has 1 aromatic heterocycles. The van der Waals surface area contributed by atoms with Crippen molar-refractivity contribution in [2.45, 2.75) is 32.5 Å². The molecule has 0 saturated carbocycles. The first-order chi connectivity index (χ1) is 7.06. The van der Waals surface area contributed by atoms with Gasteiger partial charge in [-0.25, -0.2) is 0 Å². The van der Waals surface area contributed by atoms with Crippen LogP contribution in [0.1, 0.15) is 29.5 Å². The van der Waals surface area contributed by atoms with E-state index in [0.29, 0.717) is 11.3 Å². The van der Waals surface area contributed by atoms with E-state index in [1.54, 1.807) is 19.1 Å². The molecule has 4 heteroatoms. The van der Waals surface area contributed by atoms with Crippen LogP contribution < -0.4 is 0 Å². The number of aromatic nitrogens is 1. The third-order valence-electron chi connectivity index (χ3n) is 2.25. The smallest absolute Gasteiger partial charge is 0.108 e. The van der Waals surface area contributed by atoms with Crippen molar-refractivity contribution in [3.63, 3.8) is 0 Å². The number of aliphatic hydroxyl groups is 2. The highest BCUT2D eigenvalue weighted by atomic mass is 16.3. The van der Waals surface area contributed by atoms with Crippen molar-refractivity contribution in [1.29, 1.82) is 5.26 Å². The molecule has 1 rings (SSSR count). The van der Waals surface area contributed by atoms with Crippen LogP contribution in [0.4, 0.5) is 0 Å². The van der Waals surface area contributed by atoms with Gasteiger partial charge < -0.3 is 10.2 Å². The number of pyridine rings is 1. The van der Waals surface area contributed by atoms with Gasteiger partial charge in [0, 0.05) is 17.0 Å². The highest BCUT2D eigenvalue weighted by Gasteiger charge is 2.20. The molecular weight excluding hydrogens is 192 g/mol. The number of rotatable bonds is 3. The fourth-order valence-electron chi connectivity index (χ4n) is 1.42. The summed E-state index contributed by atoms with van der Waals surface area (Å²) >= 11 is 0. The van der Waals surface area contributed by atoms with Crippen LogP contribution in [0, 0.1) is 25.2 Å². The summed E-state index contributed by atoms with van der Waals surface area (Å²) in [5, 5.41) is 27.6. The molecule has 2 unspecified atom stereocenters. The van der Waals surface area contributed by atoms with Crippen LogP contribution in [0.5, 0.6) is 0 Å². The average Bonchev–Trinajstić information content (AvgIpc) is 2.17. The van der Waals surface area contributed by atoms with Crippen molar-refractivity contribution in [1.82, 2.24) is 4.98 Å². The van der Waals surface area contributed by atoms with Gasteiger partial charge in [0.2, 0.25) is 0 Å². The lowest BCUT2D eigenvalue weighted by atomic mass is 10.0. The molecular formula is C11H14N2O2. The van der Waals surface area contributed by atoms with E-state index in [1.807, 2.05) is 13.0 Å². The van der Waals surface area contributed by atoms with Gasteiger partial charge in [0.25, 0.3) is 0 Å². The van der Waals surface area contributed by atoms with Crippen molar-refractivity contribution < 1.29 is 10.2 Å². The molecule has 2 atom stereocenters. The quantitative estimate of drug-likeness (QED) is 0.773. The molecule has 15 heavy (non-hydrogen) atoms. The van der Waals surface area contributed by atoms with E-state index in [1.165, 1.54) is 0 Å². The molecule has 2 N–H and O–H groups in total. The second-order valence-corrected chi connectivity index (χ2v) is 3.50. The Morgan fingerprint density at radius 2 is 2.07 bits per heavy atom. The minimum Gasteiger partial charge on any atom is -0.389 e. The van der Waals surface area contributed by atoms with Crippen molar-refractivity contribution in [2.75, 3.05) is 0 Å². The Morgan fingerprint density at radius 3 is 2.60 bits per heavy atom. The number of aliphatic hydroxyl groups excluding tert-OH is 2. The second kappa shape index (κ2) is 4.87. The summed E-state index contributed by atoms with van der Waals surface area (Å²) in [5.74, 6) is 0. The summed E-state index contributed by atoms with van der Waals surface area (Å²) in [4.78, 5) is 4.18. The molecule has 1 aromatic rings. The zero-order chi connectivity index (χ0) is 11.4. The zero-order valence-corrected chi connectivity index (χ0v) is 8.81. The molecule has 0 saturated heterocycles. The predicted molar refractivity (Wildman–Crippen MR) is 54.9 cm³/mol. The van der Waals surface area contributed by atoms with Crippen LogP contribution in [-0.4, -0.2) is 21.3 Å². The summed E-state index contributed by atoms with van der Waals surface area (Å²) in [6, 6.07) is 5.31. The molecule has 0 fully saturated rings. The van der Waals surface area contributed by atoms with Crippen LogP contribution in [-0.2, 0) is 0 Å². The molecule has 0 aliphatic carbocycles. The van der Waals surface area contributed by atoms with Crippen LogP contribution in [0.3, 0.4) is 0 Å². The Balaban J connectivity index is 2.91. The zero-order valence-electron chi connectivity index (χ0n) is 8.81. The first kappa shape index (κ1) is 11.6.